The molecule has 0 aliphatic rings. The minimum Gasteiger partial charge on any atom is -0.476 e. The number of hydrogen-bond acceptors (Lipinski definition) is 6. The third-order valence-corrected chi connectivity index (χ3v) is 2.94. The van der Waals surface area contributed by atoms with E-state index in [1.165, 1.54) is 6.33 Å². The fourth-order valence-corrected chi connectivity index (χ4v) is 1.89. The first-order valence-electron chi connectivity index (χ1n) is 6.84. The summed E-state index contributed by atoms with van der Waals surface area (Å²) in [5.41, 5.74) is 6.46. The van der Waals surface area contributed by atoms with E-state index < -0.39 is 0 Å². The topological polar surface area (TPSA) is 76.3 Å². The van der Waals surface area contributed by atoms with Gasteiger partial charge in [0.05, 0.1) is 6.61 Å². The predicted octanol–water partition coefficient (Wildman–Crippen LogP) is 1.60. The lowest BCUT2D eigenvalue weighted by Crippen LogP contribution is -2.35. The molecule has 0 bridgehead atoms. The summed E-state index contributed by atoms with van der Waals surface area (Å²) in [5.74, 6) is 1.08. The van der Waals surface area contributed by atoms with Crippen LogP contribution in [0.1, 0.15) is 27.7 Å². The summed E-state index contributed by atoms with van der Waals surface area (Å²) in [7, 11) is 0. The molecule has 0 spiro atoms. The van der Waals surface area contributed by atoms with Crippen molar-refractivity contribution in [2.75, 3.05) is 37.3 Å². The zero-order valence-corrected chi connectivity index (χ0v) is 12.3. The summed E-state index contributed by atoms with van der Waals surface area (Å²) in [5, 5.41) is 3.31. The van der Waals surface area contributed by atoms with Crippen molar-refractivity contribution in [3.63, 3.8) is 0 Å². The van der Waals surface area contributed by atoms with Crippen LogP contribution in [0.3, 0.4) is 0 Å². The number of anilines is 2. The molecule has 19 heavy (non-hydrogen) atoms. The number of ether oxygens (including phenoxy) is 1. The molecule has 0 aliphatic heterocycles. The van der Waals surface area contributed by atoms with Crippen LogP contribution in [0, 0.1) is 0 Å². The number of nitrogens with one attached hydrogen (secondary N) is 1. The number of hydrogen-bond donors (Lipinski definition) is 2. The minimum atomic E-state index is 0.256. The van der Waals surface area contributed by atoms with Crippen LogP contribution in [0.15, 0.2) is 6.33 Å². The molecule has 1 rings (SSSR count). The molecule has 1 aromatic heterocycles. The molecule has 0 saturated heterocycles. The highest BCUT2D eigenvalue weighted by Gasteiger charge is 2.12. The average Bonchev–Trinajstić information content (AvgIpc) is 2.41. The standard InChI is InChI=1S/C13H25N5O/c1-5-18(6-2)8-10(4)17-12-11(14)13(19-7-3)16-9-15-12/h9-10H,5-8,14H2,1-4H3,(H,15,16,17). The zero-order chi connectivity index (χ0) is 14.3. The van der Waals surface area contributed by atoms with Gasteiger partial charge in [-0.15, -0.1) is 0 Å². The molecule has 1 heterocycles. The van der Waals surface area contributed by atoms with Crippen LogP contribution < -0.4 is 15.8 Å². The molecule has 108 valence electrons. The van der Waals surface area contributed by atoms with Gasteiger partial charge in [-0.25, -0.2) is 4.98 Å². The Labute approximate surface area is 115 Å². The second-order valence-corrected chi connectivity index (χ2v) is 4.41. The first-order valence-corrected chi connectivity index (χ1v) is 6.84. The Balaban J connectivity index is 2.68. The van der Waals surface area contributed by atoms with Gasteiger partial charge in [0.25, 0.3) is 0 Å². The summed E-state index contributed by atoms with van der Waals surface area (Å²) in [6.45, 7) is 11.9. The fourth-order valence-electron chi connectivity index (χ4n) is 1.89. The molecule has 0 saturated carbocycles. The van der Waals surface area contributed by atoms with Crippen molar-refractivity contribution >= 4 is 11.5 Å². The maximum absolute atomic E-state index is 5.99. The largest absolute Gasteiger partial charge is 0.476 e. The van der Waals surface area contributed by atoms with E-state index in [1.54, 1.807) is 0 Å². The minimum absolute atomic E-state index is 0.256. The van der Waals surface area contributed by atoms with Crippen LogP contribution in [-0.2, 0) is 0 Å². The van der Waals surface area contributed by atoms with Crippen LogP contribution in [-0.4, -0.2) is 47.2 Å². The summed E-state index contributed by atoms with van der Waals surface area (Å²) < 4.78 is 5.36. The highest BCUT2D eigenvalue weighted by molar-refractivity contribution is 5.66. The maximum Gasteiger partial charge on any atom is 0.242 e. The number of nitrogens with two attached hydrogens (primary N) is 1. The molecule has 0 aliphatic carbocycles. The van der Waals surface area contributed by atoms with Crippen molar-refractivity contribution in [1.29, 1.82) is 0 Å². The summed E-state index contributed by atoms with van der Waals surface area (Å²) in [6.07, 6.45) is 1.47. The van der Waals surface area contributed by atoms with Gasteiger partial charge in [-0.05, 0) is 26.9 Å². The Bertz CT molecular complexity index is 381. The van der Waals surface area contributed by atoms with E-state index in [4.69, 9.17) is 10.5 Å². The van der Waals surface area contributed by atoms with Gasteiger partial charge in [-0.1, -0.05) is 13.8 Å². The van der Waals surface area contributed by atoms with Crippen molar-refractivity contribution in [3.8, 4) is 5.88 Å². The van der Waals surface area contributed by atoms with Crippen molar-refractivity contribution < 1.29 is 4.74 Å². The highest BCUT2D eigenvalue weighted by atomic mass is 16.5. The zero-order valence-electron chi connectivity index (χ0n) is 12.3. The molecule has 6 heteroatoms. The van der Waals surface area contributed by atoms with Crippen LogP contribution >= 0.6 is 0 Å². The Morgan fingerprint density at radius 2 is 2.00 bits per heavy atom. The van der Waals surface area contributed by atoms with E-state index in [-0.39, 0.29) is 6.04 Å². The van der Waals surface area contributed by atoms with Crippen LogP contribution in [0.4, 0.5) is 11.5 Å². The van der Waals surface area contributed by atoms with Crippen molar-refractivity contribution in [3.05, 3.63) is 6.33 Å². The van der Waals surface area contributed by atoms with Gasteiger partial charge >= 0.3 is 0 Å². The monoisotopic (exact) mass is 267 g/mol. The normalized spacial score (nSPS) is 12.5. The fraction of sp³-hybridized carbons (Fsp3) is 0.692. The van der Waals surface area contributed by atoms with E-state index >= 15 is 0 Å². The molecule has 1 aromatic rings. The van der Waals surface area contributed by atoms with Gasteiger partial charge in [0.15, 0.2) is 5.82 Å². The Kier molecular flexibility index (Phi) is 6.35. The highest BCUT2D eigenvalue weighted by Crippen LogP contribution is 2.24. The van der Waals surface area contributed by atoms with Crippen LogP contribution in [0.5, 0.6) is 5.88 Å². The summed E-state index contributed by atoms with van der Waals surface area (Å²) in [4.78, 5) is 10.5. The Hall–Kier alpha value is -1.56. The average molecular weight is 267 g/mol. The molecule has 0 amide bonds. The first kappa shape index (κ1) is 15.5. The number of nitrogens with zero attached hydrogens (tertiary/aromatic N) is 3. The Morgan fingerprint density at radius 1 is 1.32 bits per heavy atom. The van der Waals surface area contributed by atoms with Crippen molar-refractivity contribution in [2.24, 2.45) is 0 Å². The van der Waals surface area contributed by atoms with Crippen molar-refractivity contribution in [2.45, 2.75) is 33.7 Å². The molecule has 1 atom stereocenters. The van der Waals surface area contributed by atoms with Gasteiger partial charge in [-0.2, -0.15) is 4.98 Å². The molecule has 6 nitrogen and oxygen atoms in total. The van der Waals surface area contributed by atoms with Gasteiger partial charge in [0.2, 0.25) is 5.88 Å². The van der Waals surface area contributed by atoms with E-state index in [2.05, 4.69) is 41.0 Å². The van der Waals surface area contributed by atoms with Gasteiger partial charge in [0.1, 0.15) is 12.0 Å². The lowest BCUT2D eigenvalue weighted by molar-refractivity contribution is 0.294. The smallest absolute Gasteiger partial charge is 0.242 e. The van der Waals surface area contributed by atoms with Crippen LogP contribution in [0.25, 0.3) is 0 Å². The maximum atomic E-state index is 5.99. The second-order valence-electron chi connectivity index (χ2n) is 4.41. The molecule has 3 N–H and O–H groups in total. The molecule has 0 fully saturated rings. The Morgan fingerprint density at radius 3 is 2.58 bits per heavy atom. The van der Waals surface area contributed by atoms with E-state index in [9.17, 15) is 0 Å². The molecule has 0 aromatic carbocycles. The quantitative estimate of drug-likeness (QED) is 0.745. The number of aromatic nitrogens is 2. The third-order valence-electron chi connectivity index (χ3n) is 2.94. The number of nitrogen functional groups attached to an aromatic ring is 1. The molecular weight excluding hydrogens is 242 g/mol. The van der Waals surface area contributed by atoms with Gasteiger partial charge < -0.3 is 20.7 Å². The molecular formula is C13H25N5O. The summed E-state index contributed by atoms with van der Waals surface area (Å²) >= 11 is 0. The second kappa shape index (κ2) is 7.78. The lowest BCUT2D eigenvalue weighted by Gasteiger charge is -2.24. The summed E-state index contributed by atoms with van der Waals surface area (Å²) in [6, 6.07) is 0.256. The van der Waals surface area contributed by atoms with E-state index in [1.807, 2.05) is 6.92 Å². The third kappa shape index (κ3) is 4.55. The predicted molar refractivity (Wildman–Crippen MR) is 78.5 cm³/mol. The van der Waals surface area contributed by atoms with Gasteiger partial charge in [-0.3, -0.25) is 0 Å². The van der Waals surface area contributed by atoms with Gasteiger partial charge in [0, 0.05) is 12.6 Å². The molecule has 1 unspecified atom stereocenters. The molecule has 0 radical (unpaired) electrons. The SMILES string of the molecule is CCOc1ncnc(NC(C)CN(CC)CC)c1N. The van der Waals surface area contributed by atoms with E-state index in [0.717, 1.165) is 19.6 Å². The number of likely N-dealkylation sites (N-methyl/N-ethyl adjacent to an activating group) is 1. The van der Waals surface area contributed by atoms with E-state index in [0.29, 0.717) is 24.0 Å². The van der Waals surface area contributed by atoms with Crippen LogP contribution in [0.2, 0.25) is 0 Å². The van der Waals surface area contributed by atoms with Crippen molar-refractivity contribution in [1.82, 2.24) is 14.9 Å². The first-order chi connectivity index (χ1) is 9.12. The lowest BCUT2D eigenvalue weighted by atomic mass is 10.3. The number of rotatable bonds is 8.